The second-order valence-corrected chi connectivity index (χ2v) is 7.12. The topological polar surface area (TPSA) is 52.8 Å². The lowest BCUT2D eigenvalue weighted by Crippen LogP contribution is -2.16. The van der Waals surface area contributed by atoms with Gasteiger partial charge in [0.1, 0.15) is 11.3 Å². The molecule has 22 heavy (non-hydrogen) atoms. The Morgan fingerprint density at radius 3 is 2.68 bits per heavy atom. The molecule has 0 aliphatic rings. The van der Waals surface area contributed by atoms with Crippen LogP contribution in [0.2, 0.25) is 0 Å². The summed E-state index contributed by atoms with van der Waals surface area (Å²) in [4.78, 5) is 4.16. The quantitative estimate of drug-likeness (QED) is 0.693. The van der Waals surface area contributed by atoms with Crippen LogP contribution >= 0.6 is 15.9 Å². The second-order valence-electron chi connectivity index (χ2n) is 6.32. The van der Waals surface area contributed by atoms with Crippen LogP contribution in [0, 0.1) is 5.41 Å². The average Bonchev–Trinajstić information content (AvgIpc) is 2.85. The Hall–Kier alpha value is -1.95. The van der Waals surface area contributed by atoms with E-state index in [1.807, 2.05) is 35.0 Å². The Morgan fingerprint density at radius 2 is 2.00 bits per heavy atom. The fourth-order valence-electron chi connectivity index (χ4n) is 2.15. The number of rotatable bonds is 3. The molecular weight excluding hydrogens is 344 g/mol. The molecule has 0 saturated carbocycles. The number of benzene rings is 1. The number of aromatic nitrogens is 4. The molecule has 0 saturated heterocycles. The van der Waals surface area contributed by atoms with E-state index in [0.717, 1.165) is 22.1 Å². The number of pyridine rings is 1. The van der Waals surface area contributed by atoms with Gasteiger partial charge in [0, 0.05) is 18.8 Å². The molecule has 0 atom stereocenters. The first-order valence-electron chi connectivity index (χ1n) is 7.05. The van der Waals surface area contributed by atoms with Crippen molar-refractivity contribution in [2.45, 2.75) is 27.3 Å². The Bertz CT molecular complexity index is 793. The Labute approximate surface area is 137 Å². The van der Waals surface area contributed by atoms with Gasteiger partial charge in [-0.25, -0.2) is 9.67 Å². The molecular formula is C16H17BrN4O. The maximum Gasteiger partial charge on any atom is 0.219 e. The third-order valence-corrected chi connectivity index (χ3v) is 3.83. The Morgan fingerprint density at radius 1 is 1.18 bits per heavy atom. The highest BCUT2D eigenvalue weighted by molar-refractivity contribution is 9.10. The van der Waals surface area contributed by atoms with Crippen molar-refractivity contribution in [3.63, 3.8) is 0 Å². The van der Waals surface area contributed by atoms with Crippen molar-refractivity contribution >= 4 is 27.0 Å². The number of hydrogen-bond donors (Lipinski definition) is 0. The molecule has 0 spiro atoms. The van der Waals surface area contributed by atoms with Gasteiger partial charge in [-0.05, 0) is 39.5 Å². The lowest BCUT2D eigenvalue weighted by atomic mass is 9.97. The van der Waals surface area contributed by atoms with Gasteiger partial charge < -0.3 is 4.74 Å². The molecule has 1 aromatic carbocycles. The molecule has 0 unspecified atom stereocenters. The molecule has 0 fully saturated rings. The molecule has 6 heteroatoms. The number of halogens is 1. The summed E-state index contributed by atoms with van der Waals surface area (Å²) in [5.41, 5.74) is 1.91. The molecule has 0 amide bonds. The van der Waals surface area contributed by atoms with Crippen LogP contribution in [0.3, 0.4) is 0 Å². The Balaban J connectivity index is 1.97. The standard InChI is InChI=1S/C16H17BrN4O/c1-16(2,3)10-21-11-7-8-12(14(17)15(11)19-20-21)22-13-6-4-5-9-18-13/h4-9H,10H2,1-3H3. The number of nitrogens with zero attached hydrogens (tertiary/aromatic N) is 4. The first-order chi connectivity index (χ1) is 10.4. The van der Waals surface area contributed by atoms with E-state index in [4.69, 9.17) is 4.74 Å². The zero-order valence-corrected chi connectivity index (χ0v) is 14.3. The van der Waals surface area contributed by atoms with Gasteiger partial charge in [0.25, 0.3) is 0 Å². The third-order valence-electron chi connectivity index (χ3n) is 3.07. The van der Waals surface area contributed by atoms with Crippen LogP contribution < -0.4 is 4.74 Å². The van der Waals surface area contributed by atoms with Crippen molar-refractivity contribution in [3.05, 3.63) is 41.0 Å². The van der Waals surface area contributed by atoms with Crippen LogP contribution in [0.5, 0.6) is 11.6 Å². The zero-order valence-electron chi connectivity index (χ0n) is 12.7. The van der Waals surface area contributed by atoms with Gasteiger partial charge in [0.15, 0.2) is 0 Å². The van der Waals surface area contributed by atoms with Gasteiger partial charge in [-0.2, -0.15) is 0 Å². The van der Waals surface area contributed by atoms with Gasteiger partial charge in [0.05, 0.1) is 9.99 Å². The minimum atomic E-state index is 0.135. The van der Waals surface area contributed by atoms with Gasteiger partial charge in [-0.1, -0.05) is 32.1 Å². The van der Waals surface area contributed by atoms with Crippen molar-refractivity contribution in [2.75, 3.05) is 0 Å². The minimum absolute atomic E-state index is 0.135. The number of fused-ring (bicyclic) bond motifs is 1. The van der Waals surface area contributed by atoms with E-state index in [9.17, 15) is 0 Å². The predicted octanol–water partition coefficient (Wildman–Crippen LogP) is 4.43. The molecule has 0 radical (unpaired) electrons. The number of hydrogen-bond acceptors (Lipinski definition) is 4. The molecule has 5 nitrogen and oxygen atoms in total. The first kappa shape index (κ1) is 15.0. The van der Waals surface area contributed by atoms with E-state index in [2.05, 4.69) is 52.0 Å². The highest BCUT2D eigenvalue weighted by atomic mass is 79.9. The van der Waals surface area contributed by atoms with Crippen molar-refractivity contribution in [1.82, 2.24) is 20.0 Å². The molecule has 0 aliphatic heterocycles. The summed E-state index contributed by atoms with van der Waals surface area (Å²) in [6, 6.07) is 9.43. The molecule has 2 aromatic heterocycles. The lowest BCUT2D eigenvalue weighted by Gasteiger charge is -2.17. The molecule has 2 heterocycles. The molecule has 114 valence electrons. The smallest absolute Gasteiger partial charge is 0.219 e. The summed E-state index contributed by atoms with van der Waals surface area (Å²) >= 11 is 3.56. The van der Waals surface area contributed by atoms with E-state index >= 15 is 0 Å². The van der Waals surface area contributed by atoms with Crippen LogP contribution in [0.1, 0.15) is 20.8 Å². The average molecular weight is 361 g/mol. The minimum Gasteiger partial charge on any atom is -0.438 e. The highest BCUT2D eigenvalue weighted by Gasteiger charge is 2.17. The van der Waals surface area contributed by atoms with Gasteiger partial charge in [-0.3, -0.25) is 0 Å². The largest absolute Gasteiger partial charge is 0.438 e. The zero-order chi connectivity index (χ0) is 15.7. The van der Waals surface area contributed by atoms with Crippen LogP contribution in [0.25, 0.3) is 11.0 Å². The lowest BCUT2D eigenvalue weighted by molar-refractivity contribution is 0.327. The van der Waals surface area contributed by atoms with Crippen molar-refractivity contribution < 1.29 is 4.74 Å². The monoisotopic (exact) mass is 360 g/mol. The van der Waals surface area contributed by atoms with Crippen molar-refractivity contribution in [1.29, 1.82) is 0 Å². The summed E-state index contributed by atoms with van der Waals surface area (Å²) in [6.07, 6.45) is 1.70. The predicted molar refractivity (Wildman–Crippen MR) is 89.0 cm³/mol. The van der Waals surface area contributed by atoms with Crippen molar-refractivity contribution in [3.8, 4) is 11.6 Å². The van der Waals surface area contributed by atoms with E-state index in [-0.39, 0.29) is 5.41 Å². The van der Waals surface area contributed by atoms with Gasteiger partial charge in [0.2, 0.25) is 5.88 Å². The van der Waals surface area contributed by atoms with Crippen LogP contribution in [0.15, 0.2) is 41.0 Å². The summed E-state index contributed by atoms with van der Waals surface area (Å²) in [6.45, 7) is 7.33. The SMILES string of the molecule is CC(C)(C)Cn1nnc2c(Br)c(Oc3ccccn3)ccc21. The van der Waals surface area contributed by atoms with Crippen LogP contribution in [-0.2, 0) is 6.54 Å². The Kier molecular flexibility index (Phi) is 3.87. The summed E-state index contributed by atoms with van der Waals surface area (Å²) in [7, 11) is 0. The summed E-state index contributed by atoms with van der Waals surface area (Å²) in [5.74, 6) is 1.22. The summed E-state index contributed by atoms with van der Waals surface area (Å²) in [5, 5.41) is 8.53. The second kappa shape index (κ2) is 5.68. The maximum atomic E-state index is 5.79. The van der Waals surface area contributed by atoms with Crippen LogP contribution in [-0.4, -0.2) is 20.0 Å². The fourth-order valence-corrected chi connectivity index (χ4v) is 2.65. The normalized spacial score (nSPS) is 11.8. The molecule has 0 N–H and O–H groups in total. The summed E-state index contributed by atoms with van der Waals surface area (Å²) < 4.78 is 8.50. The number of ether oxygens (including phenoxy) is 1. The van der Waals surface area contributed by atoms with Gasteiger partial charge in [-0.15, -0.1) is 5.10 Å². The molecule has 0 aliphatic carbocycles. The molecule has 3 aromatic rings. The first-order valence-corrected chi connectivity index (χ1v) is 7.84. The van der Waals surface area contributed by atoms with Crippen molar-refractivity contribution in [2.24, 2.45) is 5.41 Å². The maximum absolute atomic E-state index is 5.79. The fraction of sp³-hybridized carbons (Fsp3) is 0.312. The van der Waals surface area contributed by atoms with E-state index in [1.165, 1.54) is 0 Å². The molecule has 0 bridgehead atoms. The van der Waals surface area contributed by atoms with E-state index < -0.39 is 0 Å². The third kappa shape index (κ3) is 3.11. The molecule has 3 rings (SSSR count). The highest BCUT2D eigenvalue weighted by Crippen LogP contribution is 2.34. The van der Waals surface area contributed by atoms with Gasteiger partial charge >= 0.3 is 0 Å². The van der Waals surface area contributed by atoms with E-state index in [1.54, 1.807) is 6.20 Å². The van der Waals surface area contributed by atoms with Crippen LogP contribution in [0.4, 0.5) is 0 Å². The van der Waals surface area contributed by atoms with E-state index in [0.29, 0.717) is 11.6 Å².